The zero-order valence-electron chi connectivity index (χ0n) is 15.5. The van der Waals surface area contributed by atoms with E-state index in [1.54, 1.807) is 43.5 Å². The number of rotatable bonds is 10. The predicted octanol–water partition coefficient (Wildman–Crippen LogP) is 3.52. The SMILES string of the molecule is COCCOCCOC(C)c1ccc(C(=O)Oc2ccc(C#N)cc2)cc1. The maximum Gasteiger partial charge on any atom is 0.343 e. The van der Waals surface area contributed by atoms with Crippen LogP contribution in [0.4, 0.5) is 0 Å². The second-order valence-corrected chi connectivity index (χ2v) is 5.77. The molecule has 0 amide bonds. The highest BCUT2D eigenvalue weighted by Gasteiger charge is 2.11. The maximum absolute atomic E-state index is 12.2. The molecule has 1 atom stereocenters. The molecule has 27 heavy (non-hydrogen) atoms. The van der Waals surface area contributed by atoms with Gasteiger partial charge in [-0.15, -0.1) is 0 Å². The summed E-state index contributed by atoms with van der Waals surface area (Å²) in [6, 6.07) is 15.5. The molecule has 0 fully saturated rings. The quantitative estimate of drug-likeness (QED) is 0.362. The van der Waals surface area contributed by atoms with Crippen LogP contribution in [0.3, 0.4) is 0 Å². The fourth-order valence-electron chi connectivity index (χ4n) is 2.28. The van der Waals surface area contributed by atoms with Crippen molar-refractivity contribution >= 4 is 5.97 Å². The molecule has 0 saturated carbocycles. The van der Waals surface area contributed by atoms with Crippen LogP contribution in [0.15, 0.2) is 48.5 Å². The molecule has 0 N–H and O–H groups in total. The number of hydrogen-bond acceptors (Lipinski definition) is 6. The summed E-state index contributed by atoms with van der Waals surface area (Å²) in [7, 11) is 1.63. The number of ether oxygens (including phenoxy) is 4. The molecule has 1 unspecified atom stereocenters. The van der Waals surface area contributed by atoms with Gasteiger partial charge in [-0.2, -0.15) is 5.26 Å². The molecule has 6 nitrogen and oxygen atoms in total. The molecule has 142 valence electrons. The second-order valence-electron chi connectivity index (χ2n) is 5.77. The smallest absolute Gasteiger partial charge is 0.343 e. The van der Waals surface area contributed by atoms with Gasteiger partial charge in [-0.25, -0.2) is 4.79 Å². The van der Waals surface area contributed by atoms with Gasteiger partial charge in [0.1, 0.15) is 5.75 Å². The molecule has 0 saturated heterocycles. The molecule has 0 aliphatic carbocycles. The minimum atomic E-state index is -0.452. The Labute approximate surface area is 159 Å². The van der Waals surface area contributed by atoms with Crippen molar-refractivity contribution in [1.82, 2.24) is 0 Å². The van der Waals surface area contributed by atoms with E-state index in [9.17, 15) is 4.79 Å². The van der Waals surface area contributed by atoms with Gasteiger partial charge in [0, 0.05) is 7.11 Å². The van der Waals surface area contributed by atoms with Crippen molar-refractivity contribution in [2.45, 2.75) is 13.0 Å². The summed E-state index contributed by atoms with van der Waals surface area (Å²) >= 11 is 0. The van der Waals surface area contributed by atoms with Gasteiger partial charge < -0.3 is 18.9 Å². The molecule has 0 aromatic heterocycles. The van der Waals surface area contributed by atoms with Crippen molar-refractivity contribution < 1.29 is 23.7 Å². The first kappa shape index (κ1) is 20.6. The fraction of sp³-hybridized carbons (Fsp3) is 0.333. The Hall–Kier alpha value is -2.72. The van der Waals surface area contributed by atoms with E-state index in [2.05, 4.69) is 0 Å². The van der Waals surface area contributed by atoms with Crippen LogP contribution < -0.4 is 4.74 Å². The first-order chi connectivity index (χ1) is 13.1. The topological polar surface area (TPSA) is 77.8 Å². The van der Waals surface area contributed by atoms with Crippen LogP contribution >= 0.6 is 0 Å². The minimum Gasteiger partial charge on any atom is -0.423 e. The van der Waals surface area contributed by atoms with Crippen LogP contribution in [0.2, 0.25) is 0 Å². The third-order valence-corrected chi connectivity index (χ3v) is 3.84. The van der Waals surface area contributed by atoms with Crippen molar-refractivity contribution in [3.8, 4) is 11.8 Å². The first-order valence-electron chi connectivity index (χ1n) is 8.64. The number of benzene rings is 2. The maximum atomic E-state index is 12.2. The van der Waals surface area contributed by atoms with Crippen molar-refractivity contribution in [2.24, 2.45) is 0 Å². The standard InChI is InChI=1S/C21H23NO5/c1-16(26-14-13-25-12-11-24-2)18-5-7-19(8-6-18)21(23)27-20-9-3-17(15-22)4-10-20/h3-10,16H,11-14H2,1-2H3. The van der Waals surface area contributed by atoms with Crippen molar-refractivity contribution in [3.05, 3.63) is 65.2 Å². The Morgan fingerprint density at radius 3 is 2.30 bits per heavy atom. The highest BCUT2D eigenvalue weighted by atomic mass is 16.5. The van der Waals surface area contributed by atoms with Crippen molar-refractivity contribution in [3.63, 3.8) is 0 Å². The van der Waals surface area contributed by atoms with Gasteiger partial charge in [0.25, 0.3) is 0 Å². The monoisotopic (exact) mass is 369 g/mol. The Bertz CT molecular complexity index is 750. The molecular weight excluding hydrogens is 346 g/mol. The zero-order chi connectivity index (χ0) is 19.5. The lowest BCUT2D eigenvalue weighted by atomic mass is 10.1. The zero-order valence-corrected chi connectivity index (χ0v) is 15.5. The number of methoxy groups -OCH3 is 1. The molecule has 2 aromatic carbocycles. The predicted molar refractivity (Wildman–Crippen MR) is 99.6 cm³/mol. The largest absolute Gasteiger partial charge is 0.423 e. The highest BCUT2D eigenvalue weighted by Crippen LogP contribution is 2.19. The van der Waals surface area contributed by atoms with Gasteiger partial charge in [-0.1, -0.05) is 12.1 Å². The number of esters is 1. The molecule has 0 spiro atoms. The van der Waals surface area contributed by atoms with Crippen LogP contribution in [-0.2, 0) is 14.2 Å². The molecule has 0 aliphatic rings. The summed E-state index contributed by atoms with van der Waals surface area (Å²) in [4.78, 5) is 12.2. The normalized spacial score (nSPS) is 11.6. The summed E-state index contributed by atoms with van der Waals surface area (Å²) in [6.45, 7) is 4.04. The Balaban J connectivity index is 1.82. The molecule has 0 radical (unpaired) electrons. The summed E-state index contributed by atoms with van der Waals surface area (Å²) < 4.78 is 21.3. The van der Waals surface area contributed by atoms with Crippen LogP contribution in [0.5, 0.6) is 5.75 Å². The van der Waals surface area contributed by atoms with E-state index in [0.29, 0.717) is 43.3 Å². The summed E-state index contributed by atoms with van der Waals surface area (Å²) in [5, 5.41) is 8.78. The van der Waals surface area contributed by atoms with Crippen molar-refractivity contribution in [1.29, 1.82) is 5.26 Å². The van der Waals surface area contributed by atoms with Gasteiger partial charge in [-0.05, 0) is 48.9 Å². The molecule has 2 aromatic rings. The van der Waals surface area contributed by atoms with Gasteiger partial charge in [-0.3, -0.25) is 0 Å². The molecular formula is C21H23NO5. The van der Waals surface area contributed by atoms with Crippen LogP contribution in [-0.4, -0.2) is 39.5 Å². The van der Waals surface area contributed by atoms with E-state index >= 15 is 0 Å². The lowest BCUT2D eigenvalue weighted by molar-refractivity contribution is -0.00114. The van der Waals surface area contributed by atoms with Gasteiger partial charge in [0.15, 0.2) is 0 Å². The molecule has 0 heterocycles. The van der Waals surface area contributed by atoms with E-state index in [-0.39, 0.29) is 6.10 Å². The van der Waals surface area contributed by atoms with E-state index in [0.717, 1.165) is 5.56 Å². The number of hydrogen-bond donors (Lipinski definition) is 0. The van der Waals surface area contributed by atoms with Crippen LogP contribution in [0.25, 0.3) is 0 Å². The Kier molecular flexibility index (Phi) is 8.46. The van der Waals surface area contributed by atoms with E-state index in [1.807, 2.05) is 25.1 Å². The number of nitrogens with zero attached hydrogens (tertiary/aromatic N) is 1. The van der Waals surface area contributed by atoms with E-state index < -0.39 is 5.97 Å². The van der Waals surface area contributed by atoms with Crippen molar-refractivity contribution in [2.75, 3.05) is 33.5 Å². The van der Waals surface area contributed by atoms with Crippen LogP contribution in [0.1, 0.15) is 34.5 Å². The number of carbonyl (C=O) groups is 1. The number of carbonyl (C=O) groups excluding carboxylic acids is 1. The van der Waals surface area contributed by atoms with Gasteiger partial charge >= 0.3 is 5.97 Å². The van der Waals surface area contributed by atoms with E-state index in [1.165, 1.54) is 0 Å². The van der Waals surface area contributed by atoms with Gasteiger partial charge in [0.2, 0.25) is 0 Å². The van der Waals surface area contributed by atoms with E-state index in [4.69, 9.17) is 24.2 Å². The molecule has 2 rings (SSSR count). The average Bonchev–Trinajstić information content (AvgIpc) is 2.71. The lowest BCUT2D eigenvalue weighted by Gasteiger charge is -2.14. The number of nitriles is 1. The lowest BCUT2D eigenvalue weighted by Crippen LogP contribution is -2.11. The third kappa shape index (κ3) is 6.83. The fourth-order valence-corrected chi connectivity index (χ4v) is 2.28. The first-order valence-corrected chi connectivity index (χ1v) is 8.64. The van der Waals surface area contributed by atoms with Gasteiger partial charge in [0.05, 0.1) is 49.7 Å². The third-order valence-electron chi connectivity index (χ3n) is 3.84. The molecule has 0 bridgehead atoms. The average molecular weight is 369 g/mol. The molecule has 6 heteroatoms. The highest BCUT2D eigenvalue weighted by molar-refractivity contribution is 5.91. The minimum absolute atomic E-state index is 0.111. The van der Waals surface area contributed by atoms with Crippen LogP contribution in [0, 0.1) is 11.3 Å². The molecule has 0 aliphatic heterocycles. The Morgan fingerprint density at radius 1 is 1.00 bits per heavy atom. The summed E-state index contributed by atoms with van der Waals surface area (Å²) in [5.74, 6) is -0.0559. The summed E-state index contributed by atoms with van der Waals surface area (Å²) in [6.07, 6.45) is -0.111. The Morgan fingerprint density at radius 2 is 1.67 bits per heavy atom. The second kappa shape index (κ2) is 11.1. The summed E-state index contributed by atoms with van der Waals surface area (Å²) in [5.41, 5.74) is 1.91.